The van der Waals surface area contributed by atoms with E-state index in [1.165, 1.54) is 5.56 Å². The Morgan fingerprint density at radius 3 is 2.09 bits per heavy atom. The maximum atomic E-state index is 12.7. The number of hydrogen-bond acceptors (Lipinski definition) is 6. The minimum atomic E-state index is -0.0832. The van der Waals surface area contributed by atoms with E-state index >= 15 is 0 Å². The van der Waals surface area contributed by atoms with E-state index in [4.69, 9.17) is 0 Å². The Morgan fingerprint density at radius 1 is 0.875 bits per heavy atom. The molecule has 1 aromatic carbocycles. The van der Waals surface area contributed by atoms with Crippen LogP contribution in [0.15, 0.2) is 73.1 Å². The monoisotopic (exact) mass is 431 g/mol. The summed E-state index contributed by atoms with van der Waals surface area (Å²) in [4.78, 5) is 33.9. The predicted octanol–water partition coefficient (Wildman–Crippen LogP) is 2.84. The molecule has 1 amide bonds. The molecule has 0 aliphatic carbocycles. The molecule has 3 rings (SSSR count). The van der Waals surface area contributed by atoms with Gasteiger partial charge in [0.25, 0.3) is 0 Å². The van der Waals surface area contributed by atoms with Gasteiger partial charge < -0.3 is 15.4 Å². The molecule has 0 aliphatic heterocycles. The number of amides is 1. The van der Waals surface area contributed by atoms with Gasteiger partial charge in [-0.25, -0.2) is 0 Å². The highest BCUT2D eigenvalue weighted by Gasteiger charge is 2.14. The van der Waals surface area contributed by atoms with E-state index in [0.717, 1.165) is 36.3 Å². The van der Waals surface area contributed by atoms with Crippen molar-refractivity contribution in [3.05, 3.63) is 90.0 Å². The summed E-state index contributed by atoms with van der Waals surface area (Å²) < 4.78 is 0. The van der Waals surface area contributed by atoms with Crippen LogP contribution in [0, 0.1) is 0 Å². The highest BCUT2D eigenvalue weighted by molar-refractivity contribution is 5.92. The molecule has 7 nitrogen and oxygen atoms in total. The summed E-state index contributed by atoms with van der Waals surface area (Å²) in [5.41, 5.74) is 3.75. The number of nitrogens with zero attached hydrogens (tertiary/aromatic N) is 3. The second kappa shape index (κ2) is 13.1. The lowest BCUT2D eigenvalue weighted by atomic mass is 10.1. The zero-order valence-electron chi connectivity index (χ0n) is 18.1. The lowest BCUT2D eigenvalue weighted by Gasteiger charge is -2.21. The molecule has 2 N–H and O–H groups in total. The van der Waals surface area contributed by atoms with Crippen molar-refractivity contribution in [2.24, 2.45) is 0 Å². The summed E-state index contributed by atoms with van der Waals surface area (Å²) in [6.07, 6.45) is 5.83. The normalized spacial score (nSPS) is 10.8. The summed E-state index contributed by atoms with van der Waals surface area (Å²) in [5.74, 6) is -0.0832. The molecule has 2 heterocycles. The maximum absolute atomic E-state index is 12.7. The molecule has 2 aromatic heterocycles. The van der Waals surface area contributed by atoms with Crippen LogP contribution in [0.1, 0.15) is 23.4 Å². The first-order valence-corrected chi connectivity index (χ1v) is 10.8. The van der Waals surface area contributed by atoms with Crippen LogP contribution in [0.3, 0.4) is 0 Å². The van der Waals surface area contributed by atoms with Crippen LogP contribution in [0.4, 0.5) is 5.69 Å². The highest BCUT2D eigenvalue weighted by atomic mass is 16.2. The first-order valence-electron chi connectivity index (χ1n) is 10.8. The largest absolute Gasteiger partial charge is 0.325 e. The fourth-order valence-electron chi connectivity index (χ4n) is 3.29. The number of nitrogens with one attached hydrogen (secondary N) is 2. The number of aldehydes is 1. The van der Waals surface area contributed by atoms with Gasteiger partial charge in [0.1, 0.15) is 6.29 Å². The van der Waals surface area contributed by atoms with Gasteiger partial charge in [0.15, 0.2) is 0 Å². The minimum Gasteiger partial charge on any atom is -0.325 e. The lowest BCUT2D eigenvalue weighted by molar-refractivity contribution is -0.117. The second-order valence-electron chi connectivity index (χ2n) is 7.49. The van der Waals surface area contributed by atoms with E-state index in [-0.39, 0.29) is 12.5 Å². The minimum absolute atomic E-state index is 0.0832. The molecule has 0 spiro atoms. The second-order valence-corrected chi connectivity index (χ2v) is 7.49. The average Bonchev–Trinajstić information content (AvgIpc) is 2.81. The lowest BCUT2D eigenvalue weighted by Crippen LogP contribution is -2.33. The zero-order valence-corrected chi connectivity index (χ0v) is 18.1. The van der Waals surface area contributed by atoms with Gasteiger partial charge in [-0.2, -0.15) is 0 Å². The van der Waals surface area contributed by atoms with Gasteiger partial charge in [0.05, 0.1) is 17.9 Å². The summed E-state index contributed by atoms with van der Waals surface area (Å²) in [7, 11) is 0. The van der Waals surface area contributed by atoms with Crippen LogP contribution in [-0.4, -0.2) is 46.7 Å². The Morgan fingerprint density at radius 2 is 1.53 bits per heavy atom. The van der Waals surface area contributed by atoms with Crippen LogP contribution >= 0.6 is 0 Å². The molecular formula is C25H29N5O2. The topological polar surface area (TPSA) is 87.2 Å². The SMILES string of the molecule is O=CCCNCCc1ccc(NC(=O)CN(Cc2ccccn2)Cc2ccccn2)cc1. The predicted molar refractivity (Wildman–Crippen MR) is 125 cm³/mol. The molecule has 0 saturated carbocycles. The van der Waals surface area contributed by atoms with Gasteiger partial charge in [0, 0.05) is 44.1 Å². The molecule has 0 bridgehead atoms. The van der Waals surface area contributed by atoms with Crippen molar-refractivity contribution in [1.82, 2.24) is 20.2 Å². The van der Waals surface area contributed by atoms with Crippen LogP contribution in [0.5, 0.6) is 0 Å². The number of rotatable bonds is 13. The van der Waals surface area contributed by atoms with Crippen LogP contribution < -0.4 is 10.6 Å². The van der Waals surface area contributed by atoms with Crippen molar-refractivity contribution in [2.75, 3.05) is 25.0 Å². The number of hydrogen-bond donors (Lipinski definition) is 2. The van der Waals surface area contributed by atoms with E-state index in [1.807, 2.05) is 65.6 Å². The fraction of sp³-hybridized carbons (Fsp3) is 0.280. The smallest absolute Gasteiger partial charge is 0.238 e. The van der Waals surface area contributed by atoms with Crippen LogP contribution in [0.25, 0.3) is 0 Å². The summed E-state index contributed by atoms with van der Waals surface area (Å²) in [6, 6.07) is 19.4. The van der Waals surface area contributed by atoms with Crippen molar-refractivity contribution in [1.29, 1.82) is 0 Å². The Balaban J connectivity index is 1.54. The van der Waals surface area contributed by atoms with Gasteiger partial charge in [-0.15, -0.1) is 0 Å². The number of pyridine rings is 2. The first kappa shape index (κ1) is 23.2. The van der Waals surface area contributed by atoms with Crippen LogP contribution in [0.2, 0.25) is 0 Å². The van der Waals surface area contributed by atoms with Crippen LogP contribution in [-0.2, 0) is 29.1 Å². The number of carbonyl (C=O) groups excluding carboxylic acids is 2. The van der Waals surface area contributed by atoms with Gasteiger partial charge in [-0.05, 0) is 54.9 Å². The number of carbonyl (C=O) groups is 2. The number of anilines is 1. The first-order chi connectivity index (χ1) is 15.7. The molecule has 0 radical (unpaired) electrons. The zero-order chi connectivity index (χ0) is 22.4. The molecule has 0 aliphatic rings. The molecular weight excluding hydrogens is 402 g/mol. The van der Waals surface area contributed by atoms with E-state index in [2.05, 4.69) is 20.6 Å². The van der Waals surface area contributed by atoms with Crippen molar-refractivity contribution in [2.45, 2.75) is 25.9 Å². The molecule has 32 heavy (non-hydrogen) atoms. The summed E-state index contributed by atoms with van der Waals surface area (Å²) in [6.45, 7) is 2.86. The third-order valence-corrected chi connectivity index (χ3v) is 4.86. The molecule has 0 atom stereocenters. The molecule has 0 unspecified atom stereocenters. The van der Waals surface area contributed by atoms with E-state index < -0.39 is 0 Å². The van der Waals surface area contributed by atoms with Gasteiger partial charge in [0.2, 0.25) is 5.91 Å². The average molecular weight is 432 g/mol. The summed E-state index contributed by atoms with van der Waals surface area (Å²) >= 11 is 0. The Bertz CT molecular complexity index is 908. The summed E-state index contributed by atoms with van der Waals surface area (Å²) in [5, 5.41) is 6.21. The van der Waals surface area contributed by atoms with Crippen molar-refractivity contribution < 1.29 is 9.59 Å². The quantitative estimate of drug-likeness (QED) is 0.320. The molecule has 0 saturated heterocycles. The molecule has 0 fully saturated rings. The number of aromatic nitrogens is 2. The van der Waals surface area contributed by atoms with E-state index in [0.29, 0.717) is 26.1 Å². The highest BCUT2D eigenvalue weighted by Crippen LogP contribution is 2.11. The molecule has 7 heteroatoms. The Labute approximate surface area is 188 Å². The maximum Gasteiger partial charge on any atom is 0.238 e. The van der Waals surface area contributed by atoms with Crippen molar-refractivity contribution in [3.63, 3.8) is 0 Å². The Kier molecular flexibility index (Phi) is 9.51. The molecule has 3 aromatic rings. The Hall–Kier alpha value is -3.42. The van der Waals surface area contributed by atoms with Gasteiger partial charge in [-0.3, -0.25) is 19.7 Å². The van der Waals surface area contributed by atoms with Crippen molar-refractivity contribution >= 4 is 17.9 Å². The standard InChI is InChI=1S/C25H29N5O2/c31-17-5-13-26-16-12-21-8-10-22(11-9-21)29-25(32)20-30(18-23-6-1-3-14-27-23)19-24-7-2-4-15-28-24/h1-4,6-11,14-15,17,26H,5,12-13,16,18-20H2,(H,29,32). The third kappa shape index (κ3) is 8.37. The third-order valence-electron chi connectivity index (χ3n) is 4.86. The number of benzene rings is 1. The fourth-order valence-corrected chi connectivity index (χ4v) is 3.29. The molecule has 166 valence electrons. The van der Waals surface area contributed by atoms with Crippen molar-refractivity contribution in [3.8, 4) is 0 Å². The van der Waals surface area contributed by atoms with Gasteiger partial charge in [-0.1, -0.05) is 24.3 Å². The van der Waals surface area contributed by atoms with Gasteiger partial charge >= 0.3 is 0 Å². The van der Waals surface area contributed by atoms with E-state index in [9.17, 15) is 9.59 Å². The van der Waals surface area contributed by atoms with E-state index in [1.54, 1.807) is 12.4 Å².